The van der Waals surface area contributed by atoms with Gasteiger partial charge in [-0.15, -0.1) is 0 Å². The number of benzene rings is 2. The zero-order chi connectivity index (χ0) is 20.1. The molecule has 1 heterocycles. The lowest BCUT2D eigenvalue weighted by atomic mass is 9.98. The predicted octanol–water partition coefficient (Wildman–Crippen LogP) is 2.08. The minimum absolute atomic E-state index is 0.00876. The highest BCUT2D eigenvalue weighted by molar-refractivity contribution is 7.89. The molecular formula is C20H23FN2O4S. The summed E-state index contributed by atoms with van der Waals surface area (Å²) in [5.41, 5.74) is 0.701. The number of carbonyl (C=O) groups excluding carboxylic acids is 1. The maximum Gasteiger partial charge on any atom is 0.243 e. The van der Waals surface area contributed by atoms with Gasteiger partial charge >= 0.3 is 0 Å². The number of aliphatic hydroxyl groups is 1. The van der Waals surface area contributed by atoms with Crippen LogP contribution in [0.4, 0.5) is 4.39 Å². The van der Waals surface area contributed by atoms with Crippen molar-refractivity contribution < 1.29 is 22.7 Å². The highest BCUT2D eigenvalue weighted by atomic mass is 32.2. The molecule has 0 aliphatic carbocycles. The Morgan fingerprint density at radius 3 is 2.54 bits per heavy atom. The van der Waals surface area contributed by atoms with Crippen LogP contribution in [0.2, 0.25) is 0 Å². The number of sulfonamides is 1. The van der Waals surface area contributed by atoms with Crippen molar-refractivity contribution in [2.75, 3.05) is 19.6 Å². The number of aliphatic hydroxyl groups excluding tert-OH is 1. The molecule has 0 spiro atoms. The molecule has 0 radical (unpaired) electrons. The number of carbonyl (C=O) groups is 1. The molecule has 150 valence electrons. The van der Waals surface area contributed by atoms with Crippen LogP contribution in [0.25, 0.3) is 0 Å². The fraction of sp³-hybridized carbons (Fsp3) is 0.350. The van der Waals surface area contributed by atoms with Gasteiger partial charge in [0, 0.05) is 19.6 Å². The fourth-order valence-corrected chi connectivity index (χ4v) is 4.79. The second-order valence-electron chi connectivity index (χ2n) is 6.83. The Hall–Kier alpha value is -2.29. The van der Waals surface area contributed by atoms with Gasteiger partial charge in [0.05, 0.1) is 16.9 Å². The van der Waals surface area contributed by atoms with Crippen molar-refractivity contribution >= 4 is 15.9 Å². The zero-order valence-corrected chi connectivity index (χ0v) is 16.1. The Bertz CT molecular complexity index is 904. The van der Waals surface area contributed by atoms with Gasteiger partial charge in [-0.3, -0.25) is 4.79 Å². The van der Waals surface area contributed by atoms with Gasteiger partial charge in [0.1, 0.15) is 5.82 Å². The van der Waals surface area contributed by atoms with Gasteiger partial charge in [0.25, 0.3) is 0 Å². The quantitative estimate of drug-likeness (QED) is 0.769. The first-order valence-electron chi connectivity index (χ1n) is 9.14. The Morgan fingerprint density at radius 2 is 1.86 bits per heavy atom. The van der Waals surface area contributed by atoms with Gasteiger partial charge in [-0.2, -0.15) is 4.31 Å². The van der Waals surface area contributed by atoms with Crippen molar-refractivity contribution in [1.82, 2.24) is 9.62 Å². The van der Waals surface area contributed by atoms with E-state index in [1.54, 1.807) is 24.3 Å². The molecule has 0 unspecified atom stereocenters. The van der Waals surface area contributed by atoms with E-state index in [9.17, 15) is 22.7 Å². The molecule has 3 rings (SSSR count). The topological polar surface area (TPSA) is 86.7 Å². The molecule has 6 nitrogen and oxygen atoms in total. The third-order valence-electron chi connectivity index (χ3n) is 4.86. The van der Waals surface area contributed by atoms with Gasteiger partial charge in [-0.05, 0) is 42.7 Å². The Kier molecular flexibility index (Phi) is 6.43. The number of nitrogens with one attached hydrogen (secondary N) is 1. The van der Waals surface area contributed by atoms with Gasteiger partial charge in [-0.25, -0.2) is 12.8 Å². The van der Waals surface area contributed by atoms with Gasteiger partial charge in [0.15, 0.2) is 0 Å². The minimum Gasteiger partial charge on any atom is -0.387 e. The molecule has 1 aliphatic rings. The van der Waals surface area contributed by atoms with Crippen LogP contribution in [0, 0.1) is 11.7 Å². The summed E-state index contributed by atoms with van der Waals surface area (Å²) in [6.45, 7) is 0.438. The van der Waals surface area contributed by atoms with Crippen LogP contribution in [0.1, 0.15) is 24.5 Å². The zero-order valence-electron chi connectivity index (χ0n) is 15.3. The third kappa shape index (κ3) is 4.76. The van der Waals surface area contributed by atoms with E-state index < -0.39 is 27.9 Å². The van der Waals surface area contributed by atoms with E-state index in [2.05, 4.69) is 5.32 Å². The molecule has 0 bridgehead atoms. The summed E-state index contributed by atoms with van der Waals surface area (Å²) in [6.07, 6.45) is 0.301. The van der Waals surface area contributed by atoms with Crippen molar-refractivity contribution in [1.29, 1.82) is 0 Å². The van der Waals surface area contributed by atoms with E-state index in [4.69, 9.17) is 0 Å². The molecule has 0 aromatic heterocycles. The van der Waals surface area contributed by atoms with Gasteiger partial charge < -0.3 is 10.4 Å². The Morgan fingerprint density at radius 1 is 1.18 bits per heavy atom. The first-order chi connectivity index (χ1) is 13.4. The number of amides is 1. The van der Waals surface area contributed by atoms with Crippen LogP contribution in [-0.4, -0.2) is 43.4 Å². The Balaban J connectivity index is 1.61. The predicted molar refractivity (Wildman–Crippen MR) is 102 cm³/mol. The van der Waals surface area contributed by atoms with Crippen molar-refractivity contribution in [2.24, 2.45) is 5.92 Å². The molecule has 2 aromatic rings. The maximum atomic E-state index is 13.1. The maximum absolute atomic E-state index is 13.1. The molecule has 28 heavy (non-hydrogen) atoms. The molecule has 0 saturated carbocycles. The molecule has 2 atom stereocenters. The average Bonchev–Trinajstić information content (AvgIpc) is 2.72. The molecule has 2 N–H and O–H groups in total. The van der Waals surface area contributed by atoms with Crippen molar-refractivity contribution in [3.8, 4) is 0 Å². The van der Waals surface area contributed by atoms with E-state index in [0.29, 0.717) is 24.9 Å². The minimum atomic E-state index is -3.78. The normalized spacial score (nSPS) is 19.1. The fourth-order valence-electron chi connectivity index (χ4n) is 3.27. The van der Waals surface area contributed by atoms with E-state index in [0.717, 1.165) is 12.1 Å². The monoisotopic (exact) mass is 406 g/mol. The number of piperidine rings is 1. The Labute approximate surface area is 164 Å². The summed E-state index contributed by atoms with van der Waals surface area (Å²) < 4.78 is 39.8. The summed E-state index contributed by atoms with van der Waals surface area (Å²) in [5.74, 6) is -1.28. The number of halogens is 1. The van der Waals surface area contributed by atoms with Crippen LogP contribution >= 0.6 is 0 Å². The molecule has 1 aliphatic heterocycles. The number of hydrogen-bond donors (Lipinski definition) is 2. The summed E-state index contributed by atoms with van der Waals surface area (Å²) in [7, 11) is -3.78. The second kappa shape index (κ2) is 8.81. The summed E-state index contributed by atoms with van der Waals surface area (Å²) >= 11 is 0. The SMILES string of the molecule is O=C(NC[C@@H](O)c1ccccc1)[C@@H]1CCCN(S(=O)(=O)c2ccc(F)cc2)C1. The highest BCUT2D eigenvalue weighted by Crippen LogP contribution is 2.24. The lowest BCUT2D eigenvalue weighted by molar-refractivity contribution is -0.126. The summed E-state index contributed by atoms with van der Waals surface area (Å²) in [5, 5.41) is 12.9. The standard InChI is InChI=1S/C20H23FN2O4S/c21-17-8-10-18(11-9-17)28(26,27)23-12-4-7-16(14-23)20(25)22-13-19(24)15-5-2-1-3-6-15/h1-3,5-6,8-11,16,19,24H,4,7,12-14H2,(H,22,25)/t16-,19-/m1/s1. The van der Waals surface area contributed by atoms with Crippen molar-refractivity contribution in [3.63, 3.8) is 0 Å². The van der Waals surface area contributed by atoms with Gasteiger partial charge in [0.2, 0.25) is 15.9 Å². The first kappa shape index (κ1) is 20.4. The number of nitrogens with zero attached hydrogens (tertiary/aromatic N) is 1. The second-order valence-corrected chi connectivity index (χ2v) is 8.77. The molecule has 1 amide bonds. The average molecular weight is 406 g/mol. The van der Waals surface area contributed by atoms with E-state index >= 15 is 0 Å². The summed E-state index contributed by atoms with van der Waals surface area (Å²) in [4.78, 5) is 12.5. The molecule has 1 fully saturated rings. The largest absolute Gasteiger partial charge is 0.387 e. The number of rotatable bonds is 6. The van der Waals surface area contributed by atoms with Crippen LogP contribution < -0.4 is 5.32 Å². The van der Waals surface area contributed by atoms with Crippen LogP contribution in [-0.2, 0) is 14.8 Å². The molecular weight excluding hydrogens is 383 g/mol. The van der Waals surface area contributed by atoms with Crippen molar-refractivity contribution in [2.45, 2.75) is 23.8 Å². The smallest absolute Gasteiger partial charge is 0.243 e. The van der Waals surface area contributed by atoms with Crippen molar-refractivity contribution in [3.05, 3.63) is 66.0 Å². The van der Waals surface area contributed by atoms with E-state index in [1.165, 1.54) is 16.4 Å². The highest BCUT2D eigenvalue weighted by Gasteiger charge is 2.33. The number of hydrogen-bond acceptors (Lipinski definition) is 4. The third-order valence-corrected chi connectivity index (χ3v) is 6.74. The molecule has 2 aromatic carbocycles. The van der Waals surface area contributed by atoms with Crippen LogP contribution in [0.15, 0.2) is 59.5 Å². The van der Waals surface area contributed by atoms with E-state index in [1.807, 2.05) is 6.07 Å². The van der Waals surface area contributed by atoms with Crippen LogP contribution in [0.5, 0.6) is 0 Å². The molecule has 1 saturated heterocycles. The van der Waals surface area contributed by atoms with E-state index in [-0.39, 0.29) is 23.9 Å². The summed E-state index contributed by atoms with van der Waals surface area (Å²) in [6, 6.07) is 13.7. The van der Waals surface area contributed by atoms with Gasteiger partial charge in [-0.1, -0.05) is 30.3 Å². The van der Waals surface area contributed by atoms with Crippen LogP contribution in [0.3, 0.4) is 0 Å². The first-order valence-corrected chi connectivity index (χ1v) is 10.6. The molecule has 8 heteroatoms. The lowest BCUT2D eigenvalue weighted by Crippen LogP contribution is -2.46. The lowest BCUT2D eigenvalue weighted by Gasteiger charge is -2.31.